The van der Waals surface area contributed by atoms with E-state index in [4.69, 9.17) is 11.6 Å². The number of rotatable bonds is 4. The van der Waals surface area contributed by atoms with Crippen LogP contribution in [0.4, 0.5) is 4.39 Å². The Labute approximate surface area is 121 Å². The van der Waals surface area contributed by atoms with E-state index in [2.05, 4.69) is 12.2 Å². The summed E-state index contributed by atoms with van der Waals surface area (Å²) in [6.07, 6.45) is 4.28. The average Bonchev–Trinajstić information content (AvgIpc) is 2.42. The lowest BCUT2D eigenvalue weighted by molar-refractivity contribution is 0.385. The molecule has 1 aromatic carbocycles. The summed E-state index contributed by atoms with van der Waals surface area (Å²) in [5.41, 5.74) is 0. The molecule has 2 nitrogen and oxygen atoms in total. The number of halogens is 2. The normalized spacial score (nSPS) is 25.2. The van der Waals surface area contributed by atoms with Crippen molar-refractivity contribution in [2.75, 3.05) is 6.54 Å². The van der Waals surface area contributed by atoms with Crippen LogP contribution in [0.5, 0.6) is 0 Å². The van der Waals surface area contributed by atoms with Crippen LogP contribution in [0.3, 0.4) is 0 Å². The maximum atomic E-state index is 13.2. The summed E-state index contributed by atoms with van der Waals surface area (Å²) in [5.74, 6) is -0.464. The van der Waals surface area contributed by atoms with Gasteiger partial charge in [0.15, 0.2) is 0 Å². The second-order valence-corrected chi connectivity index (χ2v) is 6.94. The maximum Gasteiger partial charge on any atom is 0.141 e. The van der Waals surface area contributed by atoms with Crippen LogP contribution >= 0.6 is 11.6 Å². The van der Waals surface area contributed by atoms with E-state index >= 15 is 0 Å². The van der Waals surface area contributed by atoms with E-state index in [0.717, 1.165) is 25.8 Å². The van der Waals surface area contributed by atoms with Crippen LogP contribution in [0.2, 0.25) is 5.02 Å². The van der Waals surface area contributed by atoms with Gasteiger partial charge < -0.3 is 5.32 Å². The van der Waals surface area contributed by atoms with Gasteiger partial charge in [-0.05, 0) is 37.6 Å². The van der Waals surface area contributed by atoms with E-state index in [1.54, 1.807) is 6.07 Å². The summed E-state index contributed by atoms with van der Waals surface area (Å²) in [6.45, 7) is 2.94. The first-order valence-electron chi connectivity index (χ1n) is 6.72. The second kappa shape index (κ2) is 6.82. The zero-order valence-electron chi connectivity index (χ0n) is 11.0. The first-order valence-corrected chi connectivity index (χ1v) is 8.31. The molecule has 0 spiro atoms. The van der Waals surface area contributed by atoms with E-state index < -0.39 is 16.6 Å². The van der Waals surface area contributed by atoms with E-state index in [-0.39, 0.29) is 16.3 Å². The number of hydrogen-bond acceptors (Lipinski definition) is 2. The Morgan fingerprint density at radius 3 is 2.84 bits per heavy atom. The molecule has 1 aliphatic carbocycles. The Balaban J connectivity index is 2.18. The first kappa shape index (κ1) is 14.9. The monoisotopic (exact) mass is 303 g/mol. The van der Waals surface area contributed by atoms with E-state index in [1.807, 2.05) is 0 Å². The van der Waals surface area contributed by atoms with Crippen LogP contribution in [0.1, 0.15) is 32.6 Å². The summed E-state index contributed by atoms with van der Waals surface area (Å²) < 4.78 is 25.8. The molecular weight excluding hydrogens is 285 g/mol. The van der Waals surface area contributed by atoms with Crippen LogP contribution in [0.25, 0.3) is 0 Å². The molecule has 1 aliphatic rings. The van der Waals surface area contributed by atoms with Crippen molar-refractivity contribution in [3.05, 3.63) is 29.0 Å². The van der Waals surface area contributed by atoms with Gasteiger partial charge in [-0.3, -0.25) is 4.21 Å². The summed E-state index contributed by atoms with van der Waals surface area (Å²) >= 11 is 5.77. The Kier molecular flexibility index (Phi) is 5.37. The molecule has 0 aromatic heterocycles. The molecule has 0 amide bonds. The number of benzene rings is 1. The first-order chi connectivity index (χ1) is 9.13. The summed E-state index contributed by atoms with van der Waals surface area (Å²) in [6, 6.07) is 4.64. The van der Waals surface area contributed by atoms with Gasteiger partial charge in [-0.15, -0.1) is 0 Å². The highest BCUT2D eigenvalue weighted by molar-refractivity contribution is 7.85. The fraction of sp³-hybridized carbons (Fsp3) is 0.571. The Hall–Kier alpha value is -0.450. The molecule has 0 saturated heterocycles. The second-order valence-electron chi connectivity index (χ2n) is 4.86. The Bertz CT molecular complexity index is 467. The lowest BCUT2D eigenvalue weighted by Crippen LogP contribution is -2.44. The third-order valence-electron chi connectivity index (χ3n) is 3.57. The molecule has 19 heavy (non-hydrogen) atoms. The zero-order valence-corrected chi connectivity index (χ0v) is 12.6. The molecule has 0 radical (unpaired) electrons. The third-order valence-corrected chi connectivity index (χ3v) is 5.69. The molecule has 0 heterocycles. The van der Waals surface area contributed by atoms with Crippen molar-refractivity contribution in [3.8, 4) is 0 Å². The molecule has 2 rings (SSSR count). The highest BCUT2D eigenvalue weighted by Gasteiger charge is 2.30. The summed E-state index contributed by atoms with van der Waals surface area (Å²) in [7, 11) is -1.13. The van der Waals surface area contributed by atoms with Crippen molar-refractivity contribution in [2.45, 2.75) is 48.8 Å². The van der Waals surface area contributed by atoms with Crippen molar-refractivity contribution in [1.29, 1.82) is 0 Å². The molecular formula is C14H19ClFNOS. The molecule has 0 bridgehead atoms. The highest BCUT2D eigenvalue weighted by Crippen LogP contribution is 2.28. The van der Waals surface area contributed by atoms with Gasteiger partial charge in [0.1, 0.15) is 5.82 Å². The maximum absolute atomic E-state index is 13.2. The van der Waals surface area contributed by atoms with Crippen molar-refractivity contribution in [2.24, 2.45) is 0 Å². The van der Waals surface area contributed by atoms with Crippen molar-refractivity contribution < 1.29 is 8.60 Å². The van der Waals surface area contributed by atoms with Crippen LogP contribution in [0, 0.1) is 5.82 Å². The molecule has 5 heteroatoms. The van der Waals surface area contributed by atoms with Gasteiger partial charge in [-0.25, -0.2) is 4.39 Å². The minimum atomic E-state index is -1.13. The molecule has 1 aromatic rings. The fourth-order valence-corrected chi connectivity index (χ4v) is 4.57. The lowest BCUT2D eigenvalue weighted by atomic mass is 9.95. The van der Waals surface area contributed by atoms with Gasteiger partial charge in [0.2, 0.25) is 0 Å². The van der Waals surface area contributed by atoms with Crippen LogP contribution < -0.4 is 5.32 Å². The standard InChI is InChI=1S/C14H19ClFNOS/c1-2-17-13-5-3-4-6-14(13)19(18)10-7-8-12(16)11(15)9-10/h7-9,13-14,17H,2-6H2,1H3. The van der Waals surface area contributed by atoms with Crippen LogP contribution in [0.15, 0.2) is 23.1 Å². The van der Waals surface area contributed by atoms with E-state index in [1.165, 1.54) is 18.6 Å². The number of hydrogen-bond donors (Lipinski definition) is 1. The largest absolute Gasteiger partial charge is 0.313 e. The quantitative estimate of drug-likeness (QED) is 0.922. The summed E-state index contributed by atoms with van der Waals surface area (Å²) in [5, 5.41) is 3.55. The van der Waals surface area contributed by atoms with E-state index in [0.29, 0.717) is 4.90 Å². The van der Waals surface area contributed by atoms with Gasteiger partial charge in [0, 0.05) is 10.9 Å². The van der Waals surface area contributed by atoms with Crippen LogP contribution in [-0.2, 0) is 10.8 Å². The SMILES string of the molecule is CCNC1CCCCC1S(=O)c1ccc(F)c(Cl)c1. The molecule has 106 valence electrons. The van der Waals surface area contributed by atoms with Gasteiger partial charge >= 0.3 is 0 Å². The third kappa shape index (κ3) is 3.56. The molecule has 0 aliphatic heterocycles. The van der Waals surface area contributed by atoms with Gasteiger partial charge in [-0.1, -0.05) is 31.4 Å². The molecule has 1 fully saturated rings. The number of nitrogens with one attached hydrogen (secondary N) is 1. The molecule has 3 unspecified atom stereocenters. The molecule has 1 saturated carbocycles. The average molecular weight is 304 g/mol. The van der Waals surface area contributed by atoms with Gasteiger partial charge in [0.25, 0.3) is 0 Å². The van der Waals surface area contributed by atoms with E-state index in [9.17, 15) is 8.60 Å². The Morgan fingerprint density at radius 1 is 1.42 bits per heavy atom. The zero-order chi connectivity index (χ0) is 13.8. The van der Waals surface area contributed by atoms with Crippen molar-refractivity contribution in [3.63, 3.8) is 0 Å². The predicted molar refractivity (Wildman–Crippen MR) is 77.5 cm³/mol. The minimum absolute atomic E-state index is 0.0432. The van der Waals surface area contributed by atoms with Crippen molar-refractivity contribution >= 4 is 22.4 Å². The minimum Gasteiger partial charge on any atom is -0.313 e. The topological polar surface area (TPSA) is 29.1 Å². The Morgan fingerprint density at radius 2 is 2.16 bits per heavy atom. The van der Waals surface area contributed by atoms with Crippen molar-refractivity contribution in [1.82, 2.24) is 5.32 Å². The molecule has 3 atom stereocenters. The highest BCUT2D eigenvalue weighted by atomic mass is 35.5. The fourth-order valence-electron chi connectivity index (χ4n) is 2.63. The lowest BCUT2D eigenvalue weighted by Gasteiger charge is -2.31. The predicted octanol–water partition coefficient (Wildman–Crippen LogP) is 3.51. The van der Waals surface area contributed by atoms with Gasteiger partial charge in [-0.2, -0.15) is 0 Å². The summed E-state index contributed by atoms with van der Waals surface area (Å²) in [4.78, 5) is 0.626. The van der Waals surface area contributed by atoms with Gasteiger partial charge in [0.05, 0.1) is 21.1 Å². The molecule has 1 N–H and O–H groups in total. The van der Waals surface area contributed by atoms with Crippen LogP contribution in [-0.4, -0.2) is 22.0 Å². The smallest absolute Gasteiger partial charge is 0.141 e.